The summed E-state index contributed by atoms with van der Waals surface area (Å²) in [5.74, 6) is -0.155. The summed E-state index contributed by atoms with van der Waals surface area (Å²) in [5.41, 5.74) is 2.31. The summed E-state index contributed by atoms with van der Waals surface area (Å²) in [7, 11) is 1.41. The number of carbonyl (C=O) groups excluding carboxylic acids is 1. The molecule has 128 valence electrons. The van der Waals surface area contributed by atoms with E-state index >= 15 is 0 Å². The summed E-state index contributed by atoms with van der Waals surface area (Å²) in [5, 5.41) is 5.08. The molecule has 0 spiro atoms. The van der Waals surface area contributed by atoms with Crippen LogP contribution in [0.1, 0.15) is 10.4 Å². The Bertz CT molecular complexity index is 883. The van der Waals surface area contributed by atoms with Crippen LogP contribution in [0.4, 0.5) is 5.13 Å². The van der Waals surface area contributed by atoms with Crippen molar-refractivity contribution in [3.8, 4) is 11.1 Å². The lowest BCUT2D eigenvalue weighted by Crippen LogP contribution is -2.18. The molecular weight excluding hydrogens is 374 g/mol. The van der Waals surface area contributed by atoms with Gasteiger partial charge in [-0.1, -0.05) is 30.3 Å². The topological polar surface area (TPSA) is 71.1 Å². The highest BCUT2D eigenvalue weighted by atomic mass is 33.1. The molecule has 3 rings (SSSR count). The van der Waals surface area contributed by atoms with Crippen LogP contribution in [0.25, 0.3) is 11.1 Å². The van der Waals surface area contributed by atoms with Crippen LogP contribution in [-0.4, -0.2) is 22.1 Å². The lowest BCUT2D eigenvalue weighted by atomic mass is 9.99. The summed E-state index contributed by atoms with van der Waals surface area (Å²) < 4.78 is 15.1. The number of anilines is 1. The molecule has 5 nitrogen and oxygen atoms in total. The van der Waals surface area contributed by atoms with E-state index in [9.17, 15) is 9.00 Å². The van der Waals surface area contributed by atoms with E-state index in [4.69, 9.17) is 0 Å². The van der Waals surface area contributed by atoms with Crippen LogP contribution in [0.3, 0.4) is 0 Å². The summed E-state index contributed by atoms with van der Waals surface area (Å²) in [6.07, 6.45) is 1.65. The van der Waals surface area contributed by atoms with Crippen LogP contribution in [0.2, 0.25) is 0 Å². The molecule has 1 heterocycles. The third-order valence-corrected chi connectivity index (χ3v) is 6.38. The monoisotopic (exact) mass is 389 g/mol. The van der Waals surface area contributed by atoms with E-state index in [0.29, 0.717) is 10.7 Å². The van der Waals surface area contributed by atoms with Crippen molar-refractivity contribution in [1.29, 1.82) is 0 Å². The zero-order valence-corrected chi connectivity index (χ0v) is 15.7. The van der Waals surface area contributed by atoms with E-state index in [1.54, 1.807) is 25.4 Å². The second-order valence-electron chi connectivity index (χ2n) is 4.91. The quantitative estimate of drug-likeness (QED) is 0.626. The van der Waals surface area contributed by atoms with Crippen molar-refractivity contribution < 1.29 is 9.00 Å². The molecule has 0 aliphatic carbocycles. The zero-order valence-electron chi connectivity index (χ0n) is 13.3. The molecule has 25 heavy (non-hydrogen) atoms. The number of benzene rings is 2. The Morgan fingerprint density at radius 1 is 1.20 bits per heavy atom. The van der Waals surface area contributed by atoms with Crippen molar-refractivity contribution in [2.24, 2.45) is 0 Å². The van der Waals surface area contributed by atoms with Gasteiger partial charge in [-0.25, -0.2) is 9.19 Å². The SMILES string of the molecule is CNC(=O)c1ccc(SS(=O)Nc2nccs2)cc1-c1ccccc1. The number of nitrogens with zero attached hydrogens (tertiary/aromatic N) is 1. The molecule has 2 N–H and O–H groups in total. The fourth-order valence-electron chi connectivity index (χ4n) is 2.22. The maximum Gasteiger partial charge on any atom is 0.251 e. The molecule has 1 amide bonds. The maximum atomic E-state index is 12.3. The van der Waals surface area contributed by atoms with Gasteiger partial charge in [0.15, 0.2) is 15.1 Å². The molecule has 3 aromatic rings. The molecule has 0 radical (unpaired) electrons. The van der Waals surface area contributed by atoms with E-state index in [-0.39, 0.29) is 5.91 Å². The van der Waals surface area contributed by atoms with Crippen molar-refractivity contribution in [1.82, 2.24) is 10.3 Å². The Kier molecular flexibility index (Phi) is 5.85. The van der Waals surface area contributed by atoms with Gasteiger partial charge in [0.05, 0.1) is 0 Å². The minimum atomic E-state index is -1.37. The van der Waals surface area contributed by atoms with Crippen molar-refractivity contribution in [3.05, 3.63) is 65.7 Å². The van der Waals surface area contributed by atoms with Crippen LogP contribution in [0.5, 0.6) is 0 Å². The van der Waals surface area contributed by atoms with E-state index < -0.39 is 10.0 Å². The van der Waals surface area contributed by atoms with Crippen molar-refractivity contribution >= 4 is 43.2 Å². The average Bonchev–Trinajstić information content (AvgIpc) is 3.14. The first kappa shape index (κ1) is 17.7. The minimum absolute atomic E-state index is 0.155. The van der Waals surface area contributed by atoms with Gasteiger partial charge in [-0.3, -0.25) is 9.52 Å². The van der Waals surface area contributed by atoms with E-state index in [1.165, 1.54) is 22.1 Å². The van der Waals surface area contributed by atoms with Crippen molar-refractivity contribution in [3.63, 3.8) is 0 Å². The van der Waals surface area contributed by atoms with Crippen molar-refractivity contribution in [2.45, 2.75) is 4.90 Å². The Morgan fingerprint density at radius 3 is 2.68 bits per heavy atom. The standard InChI is InChI=1S/C17H15N3O2S3/c1-18-16(21)14-8-7-13(11-15(14)12-5-3-2-4-6-12)24-25(22)20-17-19-9-10-23-17/h2-11H,1H3,(H,18,21)(H,19,20). The molecule has 0 aliphatic rings. The predicted molar refractivity (Wildman–Crippen MR) is 105 cm³/mol. The van der Waals surface area contributed by atoms with E-state index in [1.807, 2.05) is 41.8 Å². The van der Waals surface area contributed by atoms with Gasteiger partial charge in [-0.05, 0) is 40.1 Å². The van der Waals surface area contributed by atoms with Gasteiger partial charge >= 0.3 is 0 Å². The lowest BCUT2D eigenvalue weighted by Gasteiger charge is -2.11. The Morgan fingerprint density at radius 2 is 2.00 bits per heavy atom. The zero-order chi connectivity index (χ0) is 17.6. The second kappa shape index (κ2) is 8.28. The summed E-state index contributed by atoms with van der Waals surface area (Å²) >= 11 is 1.39. The van der Waals surface area contributed by atoms with Gasteiger partial charge in [0, 0.05) is 29.1 Å². The molecule has 1 aromatic heterocycles. The number of hydrogen-bond acceptors (Lipinski definition) is 5. The van der Waals surface area contributed by atoms with Crippen LogP contribution < -0.4 is 10.0 Å². The van der Waals surface area contributed by atoms with Gasteiger partial charge in [0.25, 0.3) is 5.91 Å². The van der Waals surface area contributed by atoms with Crippen LogP contribution in [0, 0.1) is 0 Å². The van der Waals surface area contributed by atoms with Gasteiger partial charge < -0.3 is 5.32 Å². The molecule has 1 unspecified atom stereocenters. The fourth-order valence-corrected chi connectivity index (χ4v) is 5.07. The molecule has 0 bridgehead atoms. The lowest BCUT2D eigenvalue weighted by molar-refractivity contribution is 0.0963. The molecule has 0 fully saturated rings. The second-order valence-corrected chi connectivity index (χ2v) is 8.52. The summed E-state index contributed by atoms with van der Waals surface area (Å²) in [6.45, 7) is 0. The molecule has 0 aliphatic heterocycles. The Hall–Kier alpha value is -2.16. The first-order valence-electron chi connectivity index (χ1n) is 7.35. The van der Waals surface area contributed by atoms with Gasteiger partial charge in [0.2, 0.25) is 0 Å². The highest BCUT2D eigenvalue weighted by molar-refractivity contribution is 8.69. The number of aromatic nitrogens is 1. The molecule has 1 atom stereocenters. The molecular formula is C17H15N3O2S3. The molecule has 2 aromatic carbocycles. The van der Waals surface area contributed by atoms with Gasteiger partial charge in [-0.2, -0.15) is 0 Å². The highest BCUT2D eigenvalue weighted by Crippen LogP contribution is 2.31. The van der Waals surface area contributed by atoms with E-state index in [0.717, 1.165) is 16.0 Å². The number of nitrogens with one attached hydrogen (secondary N) is 2. The van der Waals surface area contributed by atoms with Gasteiger partial charge in [0.1, 0.15) is 0 Å². The highest BCUT2D eigenvalue weighted by Gasteiger charge is 2.14. The Balaban J connectivity index is 1.88. The molecule has 0 saturated carbocycles. The largest absolute Gasteiger partial charge is 0.355 e. The predicted octanol–water partition coefficient (Wildman–Crippen LogP) is 3.95. The molecule has 8 heteroatoms. The normalized spacial score (nSPS) is 11.7. The first-order chi connectivity index (χ1) is 12.2. The third kappa shape index (κ3) is 4.47. The summed E-state index contributed by atoms with van der Waals surface area (Å²) in [6, 6.07) is 15.1. The number of hydrogen-bond donors (Lipinski definition) is 2. The number of rotatable bonds is 6. The Labute approximate surface area is 155 Å². The van der Waals surface area contributed by atoms with Gasteiger partial charge in [-0.15, -0.1) is 11.3 Å². The minimum Gasteiger partial charge on any atom is -0.355 e. The summed E-state index contributed by atoms with van der Waals surface area (Å²) in [4.78, 5) is 17.0. The average molecular weight is 390 g/mol. The van der Waals surface area contributed by atoms with Crippen molar-refractivity contribution in [2.75, 3.05) is 11.8 Å². The van der Waals surface area contributed by atoms with E-state index in [2.05, 4.69) is 15.0 Å². The maximum absolute atomic E-state index is 12.3. The smallest absolute Gasteiger partial charge is 0.251 e. The first-order valence-corrected chi connectivity index (χ1v) is 10.7. The van der Waals surface area contributed by atoms with Crippen LogP contribution >= 0.6 is 22.1 Å². The molecule has 0 saturated heterocycles. The number of thiazole rings is 1. The number of amides is 1. The third-order valence-electron chi connectivity index (χ3n) is 3.32. The fraction of sp³-hybridized carbons (Fsp3) is 0.0588. The number of carbonyl (C=O) groups is 1. The van der Waals surface area contributed by atoms with Crippen LogP contribution in [-0.2, 0) is 10.0 Å². The van der Waals surface area contributed by atoms with Crippen LogP contribution in [0.15, 0.2) is 65.0 Å².